The lowest BCUT2D eigenvalue weighted by atomic mass is 9.53. The number of amides is 1. The highest BCUT2D eigenvalue weighted by molar-refractivity contribution is 5.77. The number of hydrogen-bond acceptors (Lipinski definition) is 2. The third-order valence-corrected chi connectivity index (χ3v) is 6.04. The van der Waals surface area contributed by atoms with Gasteiger partial charge in [0.1, 0.15) is 0 Å². The predicted octanol–water partition coefficient (Wildman–Crippen LogP) is 2.21. The van der Waals surface area contributed by atoms with Crippen molar-refractivity contribution in [2.45, 2.75) is 69.4 Å². The van der Waals surface area contributed by atoms with Gasteiger partial charge in [-0.05, 0) is 75.7 Å². The summed E-state index contributed by atoms with van der Waals surface area (Å²) in [6.07, 6.45) is 11.2. The molecule has 0 spiro atoms. The first-order chi connectivity index (χ1) is 9.21. The van der Waals surface area contributed by atoms with E-state index >= 15 is 0 Å². The molecule has 0 aromatic heterocycles. The van der Waals surface area contributed by atoms with Crippen molar-refractivity contribution in [1.82, 2.24) is 10.6 Å². The molecule has 106 valence electrons. The standard InChI is InChI=1S/C16H26N2O/c19-15(7-14-2-1-3-17-14)18-16-8-11-4-12(9-16)6-13(5-11)10-16/h11-14,17H,1-10H2,(H,18,19). The van der Waals surface area contributed by atoms with E-state index in [0.717, 1.165) is 24.3 Å². The summed E-state index contributed by atoms with van der Waals surface area (Å²) in [7, 11) is 0. The van der Waals surface area contributed by atoms with Crippen LogP contribution in [0.3, 0.4) is 0 Å². The van der Waals surface area contributed by atoms with Gasteiger partial charge in [0.25, 0.3) is 0 Å². The van der Waals surface area contributed by atoms with Gasteiger partial charge < -0.3 is 10.6 Å². The van der Waals surface area contributed by atoms with Gasteiger partial charge in [0.15, 0.2) is 0 Å². The minimum Gasteiger partial charge on any atom is -0.351 e. The molecular formula is C16H26N2O. The van der Waals surface area contributed by atoms with Crippen molar-refractivity contribution in [2.75, 3.05) is 6.54 Å². The van der Waals surface area contributed by atoms with E-state index in [2.05, 4.69) is 10.6 Å². The molecule has 1 amide bonds. The van der Waals surface area contributed by atoms with Crippen LogP contribution >= 0.6 is 0 Å². The molecule has 3 nitrogen and oxygen atoms in total. The molecule has 1 saturated heterocycles. The molecule has 0 aromatic rings. The molecule has 5 aliphatic rings. The van der Waals surface area contributed by atoms with Gasteiger partial charge in [-0.2, -0.15) is 0 Å². The van der Waals surface area contributed by atoms with Crippen LogP contribution in [-0.2, 0) is 4.79 Å². The first-order valence-electron chi connectivity index (χ1n) is 8.25. The first kappa shape index (κ1) is 12.2. The molecule has 19 heavy (non-hydrogen) atoms. The summed E-state index contributed by atoms with van der Waals surface area (Å²) in [5, 5.41) is 6.91. The van der Waals surface area contributed by atoms with Crippen molar-refractivity contribution in [1.29, 1.82) is 0 Å². The van der Waals surface area contributed by atoms with Gasteiger partial charge >= 0.3 is 0 Å². The lowest BCUT2D eigenvalue weighted by molar-refractivity contribution is -0.127. The fraction of sp³-hybridized carbons (Fsp3) is 0.938. The van der Waals surface area contributed by atoms with E-state index in [-0.39, 0.29) is 5.54 Å². The third-order valence-electron chi connectivity index (χ3n) is 6.04. The molecule has 2 N–H and O–H groups in total. The van der Waals surface area contributed by atoms with E-state index in [1.165, 1.54) is 51.4 Å². The van der Waals surface area contributed by atoms with E-state index in [4.69, 9.17) is 0 Å². The summed E-state index contributed by atoms with van der Waals surface area (Å²) in [6, 6.07) is 0.439. The maximum atomic E-state index is 12.3. The lowest BCUT2D eigenvalue weighted by Gasteiger charge is -2.57. The Morgan fingerprint density at radius 3 is 2.26 bits per heavy atom. The minimum atomic E-state index is 0.199. The number of carbonyl (C=O) groups excluding carboxylic acids is 1. The average molecular weight is 262 g/mol. The van der Waals surface area contributed by atoms with E-state index in [1.54, 1.807) is 0 Å². The van der Waals surface area contributed by atoms with Crippen molar-refractivity contribution in [2.24, 2.45) is 17.8 Å². The van der Waals surface area contributed by atoms with Crippen LogP contribution < -0.4 is 10.6 Å². The van der Waals surface area contributed by atoms with E-state index in [9.17, 15) is 4.79 Å². The summed E-state index contributed by atoms with van der Waals surface area (Å²) in [6.45, 7) is 1.09. The number of nitrogens with one attached hydrogen (secondary N) is 2. The van der Waals surface area contributed by atoms with Crippen LogP contribution in [0.2, 0.25) is 0 Å². The number of carbonyl (C=O) groups is 1. The van der Waals surface area contributed by atoms with Crippen LogP contribution in [0, 0.1) is 17.8 Å². The second-order valence-corrected chi connectivity index (χ2v) is 7.74. The fourth-order valence-electron chi connectivity index (χ4n) is 5.77. The predicted molar refractivity (Wildman–Crippen MR) is 74.7 cm³/mol. The molecule has 4 bridgehead atoms. The average Bonchev–Trinajstić information content (AvgIpc) is 2.78. The van der Waals surface area contributed by atoms with E-state index < -0.39 is 0 Å². The molecule has 5 rings (SSSR count). The Hall–Kier alpha value is -0.570. The maximum absolute atomic E-state index is 12.3. The Bertz CT molecular complexity index is 338. The summed E-state index contributed by atoms with van der Waals surface area (Å²) < 4.78 is 0. The Kier molecular flexibility index (Phi) is 2.87. The Morgan fingerprint density at radius 1 is 1.11 bits per heavy atom. The highest BCUT2D eigenvalue weighted by Crippen LogP contribution is 2.55. The highest BCUT2D eigenvalue weighted by Gasteiger charge is 2.51. The Morgan fingerprint density at radius 2 is 1.74 bits per heavy atom. The van der Waals surface area contributed by atoms with Crippen LogP contribution in [0.25, 0.3) is 0 Å². The minimum absolute atomic E-state index is 0.199. The van der Waals surface area contributed by atoms with Crippen molar-refractivity contribution < 1.29 is 4.79 Å². The maximum Gasteiger partial charge on any atom is 0.221 e. The van der Waals surface area contributed by atoms with Crippen LogP contribution in [-0.4, -0.2) is 24.0 Å². The monoisotopic (exact) mass is 262 g/mol. The zero-order chi connectivity index (χ0) is 12.9. The second kappa shape index (κ2) is 4.47. The van der Waals surface area contributed by atoms with Crippen molar-refractivity contribution in [3.8, 4) is 0 Å². The fourth-order valence-corrected chi connectivity index (χ4v) is 5.77. The van der Waals surface area contributed by atoms with Crippen LogP contribution in [0.1, 0.15) is 57.8 Å². The molecular weight excluding hydrogens is 236 g/mol. The topological polar surface area (TPSA) is 41.1 Å². The highest BCUT2D eigenvalue weighted by atomic mass is 16.1. The molecule has 0 aromatic carbocycles. The van der Waals surface area contributed by atoms with Crippen LogP contribution in [0.4, 0.5) is 0 Å². The molecule has 1 heterocycles. The molecule has 5 fully saturated rings. The van der Waals surface area contributed by atoms with Gasteiger partial charge in [-0.15, -0.1) is 0 Å². The molecule has 0 radical (unpaired) electrons. The smallest absolute Gasteiger partial charge is 0.221 e. The Balaban J connectivity index is 1.40. The molecule has 4 saturated carbocycles. The molecule has 1 aliphatic heterocycles. The quantitative estimate of drug-likeness (QED) is 0.819. The van der Waals surface area contributed by atoms with E-state index in [0.29, 0.717) is 18.4 Å². The SMILES string of the molecule is O=C(CC1CCCN1)NC12CC3CC(CC(C3)C1)C2. The van der Waals surface area contributed by atoms with Crippen LogP contribution in [0.5, 0.6) is 0 Å². The zero-order valence-corrected chi connectivity index (χ0v) is 11.8. The van der Waals surface area contributed by atoms with Crippen molar-refractivity contribution >= 4 is 5.91 Å². The summed E-state index contributed by atoms with van der Waals surface area (Å²) >= 11 is 0. The van der Waals surface area contributed by atoms with Gasteiger partial charge in [-0.1, -0.05) is 0 Å². The van der Waals surface area contributed by atoms with Gasteiger partial charge in [0.2, 0.25) is 5.91 Å². The van der Waals surface area contributed by atoms with Gasteiger partial charge in [-0.3, -0.25) is 4.79 Å². The number of rotatable bonds is 3. The molecule has 1 unspecified atom stereocenters. The first-order valence-corrected chi connectivity index (χ1v) is 8.25. The van der Waals surface area contributed by atoms with Gasteiger partial charge in [0.05, 0.1) is 0 Å². The molecule has 1 atom stereocenters. The number of hydrogen-bond donors (Lipinski definition) is 2. The zero-order valence-electron chi connectivity index (χ0n) is 11.8. The van der Waals surface area contributed by atoms with Crippen LogP contribution in [0.15, 0.2) is 0 Å². The van der Waals surface area contributed by atoms with Gasteiger partial charge in [0, 0.05) is 18.0 Å². The molecule has 4 aliphatic carbocycles. The molecule has 3 heteroatoms. The lowest BCUT2D eigenvalue weighted by Crippen LogP contribution is -2.60. The largest absolute Gasteiger partial charge is 0.351 e. The van der Waals surface area contributed by atoms with E-state index in [1.807, 2.05) is 0 Å². The summed E-state index contributed by atoms with van der Waals surface area (Å²) in [5.41, 5.74) is 0.199. The second-order valence-electron chi connectivity index (χ2n) is 7.74. The Labute approximate surface area is 115 Å². The summed E-state index contributed by atoms with van der Waals surface area (Å²) in [5.74, 6) is 3.05. The normalized spacial score (nSPS) is 47.6. The van der Waals surface area contributed by atoms with Gasteiger partial charge in [-0.25, -0.2) is 0 Å². The summed E-state index contributed by atoms with van der Waals surface area (Å²) in [4.78, 5) is 12.3. The third kappa shape index (κ3) is 2.31. The van der Waals surface area contributed by atoms with Crippen molar-refractivity contribution in [3.63, 3.8) is 0 Å². The van der Waals surface area contributed by atoms with Crippen molar-refractivity contribution in [3.05, 3.63) is 0 Å².